The number of nitrogens with zero attached hydrogens (tertiary/aromatic N) is 2. The molecular formula is C36H44N2O5S. The number of benzene rings is 2. The topological polar surface area (TPSA) is 71.5 Å². The van der Waals surface area contributed by atoms with Crippen molar-refractivity contribution in [3.05, 3.63) is 93.6 Å². The fraction of sp³-hybridized carbons (Fsp3) is 0.417. The van der Waals surface area contributed by atoms with Crippen molar-refractivity contribution in [1.29, 1.82) is 0 Å². The van der Waals surface area contributed by atoms with E-state index in [1.807, 2.05) is 12.1 Å². The van der Waals surface area contributed by atoms with E-state index < -0.39 is 11.7 Å². The second-order valence-electron chi connectivity index (χ2n) is 12.6. The Kier molecular flexibility index (Phi) is 8.46. The monoisotopic (exact) mass is 616 g/mol. The molecule has 3 aliphatic rings. The first-order valence-electron chi connectivity index (χ1n) is 14.9. The highest BCUT2D eigenvalue weighted by molar-refractivity contribution is 8.04. The first kappa shape index (κ1) is 31.8. The summed E-state index contributed by atoms with van der Waals surface area (Å²) in [4.78, 5) is 17.1. The minimum atomic E-state index is -0.828. The van der Waals surface area contributed by atoms with Gasteiger partial charge >= 0.3 is 5.97 Å². The van der Waals surface area contributed by atoms with Gasteiger partial charge in [-0.3, -0.25) is 4.79 Å². The zero-order chi connectivity index (χ0) is 32.0. The zero-order valence-electron chi connectivity index (χ0n) is 27.3. The number of allylic oxidation sites excluding steroid dienone is 6. The third-order valence-electron chi connectivity index (χ3n) is 9.72. The summed E-state index contributed by atoms with van der Waals surface area (Å²) in [6.45, 7) is 8.85. The van der Waals surface area contributed by atoms with Crippen molar-refractivity contribution in [2.24, 2.45) is 0 Å². The summed E-state index contributed by atoms with van der Waals surface area (Å²) in [7, 11) is 9.28. The van der Waals surface area contributed by atoms with Gasteiger partial charge in [-0.2, -0.15) is 0 Å². The molecule has 1 atom stereocenters. The van der Waals surface area contributed by atoms with Crippen molar-refractivity contribution in [3.63, 3.8) is 0 Å². The van der Waals surface area contributed by atoms with Crippen LogP contribution in [0, 0.1) is 0 Å². The van der Waals surface area contributed by atoms with Crippen molar-refractivity contribution < 1.29 is 24.1 Å². The van der Waals surface area contributed by atoms with Gasteiger partial charge in [-0.05, 0) is 83.7 Å². The van der Waals surface area contributed by atoms with E-state index in [4.69, 9.17) is 14.2 Å². The Morgan fingerprint density at radius 2 is 1.57 bits per heavy atom. The molecule has 2 heterocycles. The molecular weight excluding hydrogens is 572 g/mol. The van der Waals surface area contributed by atoms with Gasteiger partial charge in [0, 0.05) is 54.0 Å². The molecule has 0 fully saturated rings. The number of fused-ring (bicyclic) bond motifs is 2. The second kappa shape index (κ2) is 11.7. The lowest BCUT2D eigenvalue weighted by Crippen LogP contribution is -2.54. The number of methoxy groups -OCH3 is 3. The van der Waals surface area contributed by atoms with Crippen LogP contribution in [0.4, 0.5) is 11.4 Å². The highest BCUT2D eigenvalue weighted by Crippen LogP contribution is 2.54. The van der Waals surface area contributed by atoms with Crippen LogP contribution < -0.4 is 19.3 Å². The minimum Gasteiger partial charge on any atom is -0.497 e. The molecule has 234 valence electrons. The molecule has 8 heteroatoms. The Morgan fingerprint density at radius 1 is 0.932 bits per heavy atom. The molecule has 0 amide bonds. The average Bonchev–Trinajstić information content (AvgIpc) is 3.53. The Hall–Kier alpha value is -3.62. The fourth-order valence-corrected chi connectivity index (χ4v) is 8.16. The second-order valence-corrected chi connectivity index (χ2v) is 13.6. The summed E-state index contributed by atoms with van der Waals surface area (Å²) in [6, 6.07) is 12.4. The van der Waals surface area contributed by atoms with Gasteiger partial charge in [-0.15, -0.1) is 11.8 Å². The van der Waals surface area contributed by atoms with Crippen LogP contribution in [0.5, 0.6) is 11.5 Å². The van der Waals surface area contributed by atoms with Crippen LogP contribution in [0.25, 0.3) is 0 Å². The molecule has 1 N–H and O–H groups in total. The highest BCUT2D eigenvalue weighted by Gasteiger charge is 2.55. The predicted molar refractivity (Wildman–Crippen MR) is 180 cm³/mol. The van der Waals surface area contributed by atoms with E-state index in [0.717, 1.165) is 51.6 Å². The summed E-state index contributed by atoms with van der Waals surface area (Å²) in [5.74, 6) is 0.836. The van der Waals surface area contributed by atoms with Crippen molar-refractivity contribution in [3.8, 4) is 11.5 Å². The van der Waals surface area contributed by atoms with Crippen LogP contribution in [0.2, 0.25) is 0 Å². The molecule has 1 aliphatic carbocycles. The van der Waals surface area contributed by atoms with E-state index >= 15 is 0 Å². The van der Waals surface area contributed by atoms with E-state index in [2.05, 4.69) is 100 Å². The number of likely N-dealkylation sites (N-methyl/N-ethyl adjacent to an activating group) is 2. The molecule has 0 saturated carbocycles. The Labute approximate surface area is 265 Å². The Bertz CT molecular complexity index is 1600. The number of carbonyl (C=O) groups is 1. The summed E-state index contributed by atoms with van der Waals surface area (Å²) in [5, 5.41) is 9.58. The smallest absolute Gasteiger partial charge is 0.313 e. The van der Waals surface area contributed by atoms with E-state index in [1.54, 1.807) is 21.3 Å². The molecule has 0 radical (unpaired) electrons. The maximum atomic E-state index is 11.7. The average molecular weight is 617 g/mol. The van der Waals surface area contributed by atoms with Crippen molar-refractivity contribution in [2.75, 3.05) is 51.0 Å². The predicted octanol–water partition coefficient (Wildman–Crippen LogP) is 7.43. The van der Waals surface area contributed by atoms with Crippen molar-refractivity contribution in [1.82, 2.24) is 0 Å². The molecule has 2 aromatic rings. The number of hydrogen-bond acceptors (Lipinski definition) is 7. The van der Waals surface area contributed by atoms with Gasteiger partial charge in [-0.25, -0.2) is 0 Å². The molecule has 0 bridgehead atoms. The quantitative estimate of drug-likeness (QED) is 0.312. The molecule has 0 saturated heterocycles. The van der Waals surface area contributed by atoms with Gasteiger partial charge in [-0.1, -0.05) is 39.8 Å². The molecule has 2 aromatic carbocycles. The molecule has 7 nitrogen and oxygen atoms in total. The number of thioether (sulfide) groups is 1. The normalized spacial score (nSPS) is 23.7. The van der Waals surface area contributed by atoms with Crippen LogP contribution >= 0.6 is 11.8 Å². The van der Waals surface area contributed by atoms with Gasteiger partial charge in [0.15, 0.2) is 5.72 Å². The Balaban J connectivity index is 1.52. The molecule has 1 unspecified atom stereocenters. The number of hydrogen-bond donors (Lipinski definition) is 1. The lowest BCUT2D eigenvalue weighted by molar-refractivity contribution is -0.133. The highest BCUT2D eigenvalue weighted by atomic mass is 32.2. The standard InChI is InChI=1S/C36H44N2O5S/c1-34(2)27-20-25(41-7)13-15-29(27)37(5)31(34)17-12-23-10-11-24(33(23)44-22-32(39)40)18-19-36(43-9)35(3,4)28-21-26(42-8)14-16-30(28)38(36)6/h12-21H,10-11,22H2,1-9H3,(H,39,40). The van der Waals surface area contributed by atoms with Crippen LogP contribution in [0.1, 0.15) is 51.7 Å². The number of anilines is 2. The largest absolute Gasteiger partial charge is 0.497 e. The van der Waals surface area contributed by atoms with E-state index in [1.165, 1.54) is 28.7 Å². The summed E-state index contributed by atoms with van der Waals surface area (Å²) in [6.07, 6.45) is 10.3. The number of carboxylic acids is 1. The summed E-state index contributed by atoms with van der Waals surface area (Å²) >= 11 is 1.40. The molecule has 44 heavy (non-hydrogen) atoms. The third-order valence-corrected chi connectivity index (χ3v) is 10.9. The fourth-order valence-electron chi connectivity index (χ4n) is 7.18. The van der Waals surface area contributed by atoms with E-state index in [9.17, 15) is 9.90 Å². The van der Waals surface area contributed by atoms with Crippen molar-refractivity contribution in [2.45, 2.75) is 57.1 Å². The lowest BCUT2D eigenvalue weighted by atomic mass is 9.77. The number of carboxylic acid groups (broad SMARTS) is 1. The van der Waals surface area contributed by atoms with Gasteiger partial charge in [0.2, 0.25) is 0 Å². The van der Waals surface area contributed by atoms with Gasteiger partial charge in [0.25, 0.3) is 0 Å². The number of rotatable bonds is 9. The molecule has 0 aromatic heterocycles. The summed E-state index contributed by atoms with van der Waals surface area (Å²) < 4.78 is 17.4. The first-order valence-corrected chi connectivity index (χ1v) is 15.9. The van der Waals surface area contributed by atoms with Crippen LogP contribution in [0.15, 0.2) is 82.5 Å². The van der Waals surface area contributed by atoms with Gasteiger partial charge in [0.05, 0.1) is 20.0 Å². The van der Waals surface area contributed by atoms with Crippen LogP contribution in [-0.2, 0) is 20.4 Å². The van der Waals surface area contributed by atoms with E-state index in [-0.39, 0.29) is 16.6 Å². The molecule has 5 rings (SSSR count). The van der Waals surface area contributed by atoms with Crippen LogP contribution in [-0.4, -0.2) is 58.0 Å². The maximum absolute atomic E-state index is 11.7. The van der Waals surface area contributed by atoms with Crippen LogP contribution in [0.3, 0.4) is 0 Å². The maximum Gasteiger partial charge on any atom is 0.313 e. The zero-order valence-corrected chi connectivity index (χ0v) is 28.1. The third kappa shape index (κ3) is 5.02. The first-order chi connectivity index (χ1) is 20.8. The lowest BCUT2D eigenvalue weighted by Gasteiger charge is -2.43. The molecule has 0 spiro atoms. The van der Waals surface area contributed by atoms with Gasteiger partial charge < -0.3 is 29.1 Å². The number of ether oxygens (including phenoxy) is 3. The van der Waals surface area contributed by atoms with Gasteiger partial charge in [0.1, 0.15) is 11.5 Å². The Morgan fingerprint density at radius 3 is 2.18 bits per heavy atom. The summed E-state index contributed by atoms with van der Waals surface area (Å²) in [5.41, 5.74) is 6.76. The van der Waals surface area contributed by atoms with Crippen molar-refractivity contribution >= 4 is 29.1 Å². The van der Waals surface area contributed by atoms with E-state index in [0.29, 0.717) is 0 Å². The number of aliphatic carboxylic acids is 1. The SMILES string of the molecule is COc1ccc2c(c1)C(C)(C)C(=CC=C1CCC(C=CC3(OC)N(C)c4ccc(OC)cc4C3(C)C)=C1SCC(=O)O)N2C. The molecule has 2 aliphatic heterocycles. The minimum absolute atomic E-state index is 0.00324.